The largest absolute Gasteiger partial charge is 0.457 e. The van der Waals surface area contributed by atoms with E-state index in [1.807, 2.05) is 32.6 Å². The molecule has 2 aliphatic carbocycles. The van der Waals surface area contributed by atoms with E-state index in [-0.39, 0.29) is 30.8 Å². The fourth-order valence-electron chi connectivity index (χ4n) is 6.10. The highest BCUT2D eigenvalue weighted by Gasteiger charge is 2.52. The molecule has 2 saturated heterocycles. The number of aryl methyl sites for hydroxylation is 2. The molecule has 2 heterocycles. The summed E-state index contributed by atoms with van der Waals surface area (Å²) in [4.78, 5) is 15.5. The van der Waals surface area contributed by atoms with Gasteiger partial charge in [0, 0.05) is 12.2 Å². The fraction of sp³-hybridized carbons (Fsp3) is 0.720. The Morgan fingerprint density at radius 1 is 1.09 bits per heavy atom. The van der Waals surface area contributed by atoms with Crippen LogP contribution in [0.4, 0.5) is 5.69 Å². The minimum Gasteiger partial charge on any atom is -0.403 e. The fourth-order valence-corrected chi connectivity index (χ4v) is 7.15. The summed E-state index contributed by atoms with van der Waals surface area (Å²) in [5.41, 5.74) is 5.30. The molecule has 2 atom stereocenters. The van der Waals surface area contributed by atoms with Gasteiger partial charge < -0.3 is 14.6 Å². The molecule has 0 aromatic heterocycles. The Morgan fingerprint density at radius 3 is 2.20 bits per heavy atom. The van der Waals surface area contributed by atoms with Gasteiger partial charge in [-0.25, -0.2) is 13.6 Å². The zero-order valence-corrected chi connectivity index (χ0v) is 22.2. The van der Waals surface area contributed by atoms with Crippen LogP contribution in [0.1, 0.15) is 69.2 Å². The number of fused-ring (bicyclic) bond motifs is 2. The van der Waals surface area contributed by atoms with Crippen molar-refractivity contribution < 1.29 is 22.5 Å². The smallest absolute Gasteiger partial charge is 0.403 e. The lowest BCUT2D eigenvalue weighted by Gasteiger charge is -2.45. The van der Waals surface area contributed by atoms with Crippen molar-refractivity contribution in [2.24, 2.45) is 5.14 Å². The number of nitrogens with zero attached hydrogens (tertiary/aromatic N) is 1. The minimum atomic E-state index is -3.83. The third-order valence-electron chi connectivity index (χ3n) is 8.76. The van der Waals surface area contributed by atoms with E-state index in [9.17, 15) is 13.2 Å². The van der Waals surface area contributed by atoms with Crippen LogP contribution in [0, 0.1) is 0 Å². The molecule has 35 heavy (non-hydrogen) atoms. The summed E-state index contributed by atoms with van der Waals surface area (Å²) in [6.07, 6.45) is 7.59. The highest BCUT2D eigenvalue weighted by atomic mass is 32.2. The van der Waals surface area contributed by atoms with Crippen molar-refractivity contribution in [2.45, 2.75) is 101 Å². The molecule has 10 heteroatoms. The van der Waals surface area contributed by atoms with Crippen molar-refractivity contribution in [1.82, 2.24) is 4.90 Å². The van der Waals surface area contributed by atoms with Crippen molar-refractivity contribution in [3.8, 4) is 0 Å². The predicted octanol–water partition coefficient (Wildman–Crippen LogP) is 2.43. The number of carbonyl (C=O) groups excluding carboxylic acids is 1. The Kier molecular flexibility index (Phi) is 6.36. The summed E-state index contributed by atoms with van der Waals surface area (Å²) >= 11 is 0. The molecule has 1 aromatic carbocycles. The second-order valence-corrected chi connectivity index (χ2v) is 13.4. The molecule has 3 N–H and O–H groups in total. The van der Waals surface area contributed by atoms with E-state index in [4.69, 9.17) is 14.4 Å². The van der Waals surface area contributed by atoms with Crippen molar-refractivity contribution >= 4 is 28.7 Å². The number of hydrogen-bond donors (Lipinski definition) is 2. The molecule has 0 radical (unpaired) electrons. The lowest BCUT2D eigenvalue weighted by atomic mass is 9.82. The molecule has 2 fully saturated rings. The molecule has 5 rings (SSSR count). The van der Waals surface area contributed by atoms with Crippen molar-refractivity contribution in [1.29, 1.82) is 0 Å². The molecule has 8 nitrogen and oxygen atoms in total. The van der Waals surface area contributed by atoms with Gasteiger partial charge in [-0.3, -0.25) is 9.69 Å². The van der Waals surface area contributed by atoms with Crippen LogP contribution in [0.25, 0.3) is 0 Å². The molecule has 192 valence electrons. The van der Waals surface area contributed by atoms with E-state index >= 15 is 0 Å². The first-order valence-electron chi connectivity index (χ1n) is 13.0. The maximum Gasteiger partial charge on any atom is 0.457 e. The molecular formula is C25H38BN3O5S. The molecule has 0 saturated carbocycles. The van der Waals surface area contributed by atoms with Crippen LogP contribution in [0.5, 0.6) is 0 Å². The third-order valence-corrected chi connectivity index (χ3v) is 10.0. The van der Waals surface area contributed by atoms with E-state index in [0.717, 1.165) is 50.6 Å². The number of hydrogen-bond acceptors (Lipinski definition) is 6. The van der Waals surface area contributed by atoms with Crippen LogP contribution in [0.2, 0.25) is 6.32 Å². The standard InChI is InChI=1S/C25H38BN3O5S/c1-24(2)25(3,4)34-26(33-24)12-7-13-29-15-20(35(27,31)32)22(29)23(30)28-21-18-10-5-8-16(18)14-17-9-6-11-19(17)21/h14,20,22H,5-13,15H2,1-4H3,(H,28,30)(H2,27,31,32). The number of nitrogens with one attached hydrogen (secondary N) is 1. The maximum atomic E-state index is 13.5. The number of primary sulfonamides is 1. The van der Waals surface area contributed by atoms with Crippen molar-refractivity contribution in [2.75, 3.05) is 18.4 Å². The third kappa shape index (κ3) is 4.57. The Labute approximate surface area is 209 Å². The van der Waals surface area contributed by atoms with Gasteiger partial charge in [0.1, 0.15) is 11.3 Å². The van der Waals surface area contributed by atoms with Crippen LogP contribution in [0.3, 0.4) is 0 Å². The topological polar surface area (TPSA) is 111 Å². The van der Waals surface area contributed by atoms with Gasteiger partial charge in [-0.15, -0.1) is 0 Å². The van der Waals surface area contributed by atoms with Gasteiger partial charge >= 0.3 is 7.12 Å². The van der Waals surface area contributed by atoms with Crippen molar-refractivity contribution in [3.63, 3.8) is 0 Å². The normalized spacial score (nSPS) is 26.9. The zero-order chi connectivity index (χ0) is 25.2. The van der Waals surface area contributed by atoms with Gasteiger partial charge in [0.2, 0.25) is 15.9 Å². The first-order valence-corrected chi connectivity index (χ1v) is 14.6. The van der Waals surface area contributed by atoms with E-state index in [1.165, 1.54) is 22.3 Å². The Hall–Kier alpha value is -1.46. The number of rotatable bonds is 7. The molecular weight excluding hydrogens is 465 g/mol. The highest BCUT2D eigenvalue weighted by molar-refractivity contribution is 7.90. The van der Waals surface area contributed by atoms with Gasteiger partial charge in [0.15, 0.2) is 0 Å². The first kappa shape index (κ1) is 25.2. The molecule has 2 unspecified atom stereocenters. The van der Waals surface area contributed by atoms with E-state index in [2.05, 4.69) is 11.4 Å². The number of carbonyl (C=O) groups is 1. The Morgan fingerprint density at radius 2 is 1.66 bits per heavy atom. The van der Waals surface area contributed by atoms with Gasteiger partial charge in [0.05, 0.1) is 11.2 Å². The Bertz CT molecular complexity index is 1090. The molecule has 1 amide bonds. The van der Waals surface area contributed by atoms with Gasteiger partial charge in [-0.1, -0.05) is 6.07 Å². The van der Waals surface area contributed by atoms with Gasteiger partial charge in [0.25, 0.3) is 0 Å². The SMILES string of the molecule is CC1(C)OB(CCCN2CC(S(N)(=O)=O)C2C(=O)Nc2c3c(cc4c2CCC4)CCC3)OC1(C)C. The minimum absolute atomic E-state index is 0.264. The zero-order valence-electron chi connectivity index (χ0n) is 21.4. The van der Waals surface area contributed by atoms with Crippen LogP contribution in [0.15, 0.2) is 6.07 Å². The van der Waals surface area contributed by atoms with Gasteiger partial charge in [-0.05, 0) is 108 Å². The van der Waals surface area contributed by atoms with E-state index in [1.54, 1.807) is 0 Å². The van der Waals surface area contributed by atoms with Crippen molar-refractivity contribution in [3.05, 3.63) is 28.3 Å². The summed E-state index contributed by atoms with van der Waals surface area (Å²) in [5, 5.41) is 7.81. The summed E-state index contributed by atoms with van der Waals surface area (Å²) in [6, 6.07) is 1.54. The predicted molar refractivity (Wildman–Crippen MR) is 137 cm³/mol. The number of anilines is 1. The molecule has 4 aliphatic rings. The van der Waals surface area contributed by atoms with Crippen LogP contribution in [-0.4, -0.2) is 61.9 Å². The van der Waals surface area contributed by atoms with Crippen LogP contribution < -0.4 is 10.5 Å². The lowest BCUT2D eigenvalue weighted by Crippen LogP contribution is -2.68. The number of sulfonamides is 1. The second-order valence-electron chi connectivity index (χ2n) is 11.6. The second kappa shape index (κ2) is 8.83. The number of amides is 1. The first-order chi connectivity index (χ1) is 16.4. The molecule has 0 bridgehead atoms. The number of likely N-dealkylation sites (tertiary alicyclic amines) is 1. The Balaban J connectivity index is 1.28. The molecule has 1 aromatic rings. The van der Waals surface area contributed by atoms with E-state index in [0.29, 0.717) is 12.9 Å². The summed E-state index contributed by atoms with van der Waals surface area (Å²) in [5.74, 6) is -0.264. The van der Waals surface area contributed by atoms with Gasteiger partial charge in [-0.2, -0.15) is 0 Å². The maximum absolute atomic E-state index is 13.5. The quantitative estimate of drug-likeness (QED) is 0.553. The summed E-state index contributed by atoms with van der Waals surface area (Å²) in [7, 11) is -4.14. The molecule has 2 aliphatic heterocycles. The van der Waals surface area contributed by atoms with Crippen LogP contribution >= 0.6 is 0 Å². The molecule has 0 spiro atoms. The average Bonchev–Trinajstić information content (AvgIpc) is 3.41. The van der Waals surface area contributed by atoms with Crippen LogP contribution in [-0.2, 0) is 49.8 Å². The number of benzene rings is 1. The highest BCUT2D eigenvalue weighted by Crippen LogP contribution is 2.40. The lowest BCUT2D eigenvalue weighted by molar-refractivity contribution is -0.125. The summed E-state index contributed by atoms with van der Waals surface area (Å²) in [6.45, 7) is 8.95. The van der Waals surface area contributed by atoms with E-state index < -0.39 is 21.3 Å². The average molecular weight is 503 g/mol. The monoisotopic (exact) mass is 503 g/mol. The number of nitrogens with two attached hydrogens (primary N) is 1. The summed E-state index contributed by atoms with van der Waals surface area (Å²) < 4.78 is 36.7.